The Bertz CT molecular complexity index is 1840. The van der Waals surface area contributed by atoms with Crippen LogP contribution in [-0.2, 0) is 30.7 Å². The van der Waals surface area contributed by atoms with Gasteiger partial charge < -0.3 is 14.4 Å². The Labute approximate surface area is 307 Å². The average molecular weight is 719 g/mol. The number of carbonyl (C=O) groups excluding carboxylic acids is 1. The van der Waals surface area contributed by atoms with E-state index in [1.54, 1.807) is 22.8 Å². The Morgan fingerprint density at radius 1 is 0.922 bits per heavy atom. The number of fused-ring (bicyclic) bond motifs is 1. The lowest BCUT2D eigenvalue weighted by molar-refractivity contribution is -0.136. The number of hydrogen-bond acceptors (Lipinski definition) is 4. The normalized spacial score (nSPS) is 14.0. The van der Waals surface area contributed by atoms with E-state index in [1.165, 1.54) is 12.1 Å². The van der Waals surface area contributed by atoms with Gasteiger partial charge in [0, 0.05) is 37.1 Å². The maximum absolute atomic E-state index is 14.5. The van der Waals surface area contributed by atoms with Crippen molar-refractivity contribution in [1.82, 2.24) is 19.4 Å². The molecule has 3 aromatic carbocycles. The van der Waals surface area contributed by atoms with E-state index in [0.29, 0.717) is 28.3 Å². The molecule has 2 heterocycles. The third-order valence-electron chi connectivity index (χ3n) is 9.00. The van der Waals surface area contributed by atoms with Crippen LogP contribution in [0.4, 0.5) is 8.78 Å². The predicted octanol–water partition coefficient (Wildman–Crippen LogP) is 9.57. The molecule has 4 aromatic rings. The number of allylic oxidation sites excluding steroid dienone is 4. The molecular weight excluding hydrogens is 666 g/mol. The summed E-state index contributed by atoms with van der Waals surface area (Å²) in [5.41, 5.74) is 3.54. The van der Waals surface area contributed by atoms with Crippen LogP contribution in [0.5, 0.6) is 0 Å². The highest BCUT2D eigenvalue weighted by Gasteiger charge is 2.29. The highest BCUT2D eigenvalue weighted by atomic mass is 35.5. The first-order valence-corrected chi connectivity index (χ1v) is 18.6. The van der Waals surface area contributed by atoms with Gasteiger partial charge in [-0.05, 0) is 86.2 Å². The van der Waals surface area contributed by atoms with Gasteiger partial charge in [0.15, 0.2) is 11.6 Å². The largest absolute Gasteiger partial charge is 0.334 e. The minimum atomic E-state index is -0.923. The summed E-state index contributed by atoms with van der Waals surface area (Å²) >= 11 is 6.00. The number of piperidine rings is 1. The van der Waals surface area contributed by atoms with E-state index in [1.807, 2.05) is 64.7 Å². The molecule has 1 saturated heterocycles. The van der Waals surface area contributed by atoms with Gasteiger partial charge in [-0.2, -0.15) is 4.98 Å². The van der Waals surface area contributed by atoms with E-state index < -0.39 is 17.2 Å². The number of amides is 1. The van der Waals surface area contributed by atoms with E-state index in [9.17, 15) is 18.4 Å². The van der Waals surface area contributed by atoms with Crippen LogP contribution in [0.15, 0.2) is 88.7 Å². The molecule has 0 bridgehead atoms. The molecule has 0 radical (unpaired) electrons. The van der Waals surface area contributed by atoms with Gasteiger partial charge in [0.2, 0.25) is 5.91 Å². The number of aromatic nitrogens is 2. The predicted molar refractivity (Wildman–Crippen MR) is 208 cm³/mol. The molecular formula is C42H53ClF2N4O2. The Morgan fingerprint density at radius 2 is 1.59 bits per heavy atom. The van der Waals surface area contributed by atoms with Crippen LogP contribution in [0.1, 0.15) is 83.8 Å². The van der Waals surface area contributed by atoms with Crippen LogP contribution in [0.25, 0.3) is 16.5 Å². The molecule has 1 aliphatic heterocycles. The number of halogens is 3. The fourth-order valence-electron chi connectivity index (χ4n) is 6.22. The molecule has 9 heteroatoms. The summed E-state index contributed by atoms with van der Waals surface area (Å²) in [6.07, 6.45) is 5.86. The molecule has 0 unspecified atom stereocenters. The van der Waals surface area contributed by atoms with Crippen molar-refractivity contribution in [2.24, 2.45) is 0 Å². The molecule has 1 amide bonds. The molecule has 274 valence electrons. The number of carbonyl (C=O) groups is 1. The minimum Gasteiger partial charge on any atom is -0.334 e. The van der Waals surface area contributed by atoms with Crippen molar-refractivity contribution in [3.05, 3.63) is 128 Å². The van der Waals surface area contributed by atoms with E-state index in [2.05, 4.69) is 41.1 Å². The van der Waals surface area contributed by atoms with E-state index >= 15 is 0 Å². The van der Waals surface area contributed by atoms with Gasteiger partial charge in [0.25, 0.3) is 5.56 Å². The molecule has 1 aliphatic rings. The van der Waals surface area contributed by atoms with Gasteiger partial charge in [-0.15, -0.1) is 0 Å². The summed E-state index contributed by atoms with van der Waals surface area (Å²) < 4.78 is 30.2. The zero-order valence-electron chi connectivity index (χ0n) is 31.2. The lowest BCUT2D eigenvalue weighted by atomic mass is 10.0. The number of nitrogens with zero attached hydrogens (tertiary/aromatic N) is 4. The van der Waals surface area contributed by atoms with Gasteiger partial charge in [-0.3, -0.25) is 9.59 Å². The number of benzene rings is 3. The molecule has 1 aromatic heterocycles. The second kappa shape index (κ2) is 20.6. The molecule has 5 rings (SSSR count). The quantitative estimate of drug-likeness (QED) is 0.145. The van der Waals surface area contributed by atoms with Crippen molar-refractivity contribution in [3.8, 4) is 0 Å². The SMILES string of the molecule is CC.CC.CCN1CCC(N(Cc2ccc(/C(C)=C/C=C(\C)Cl)cc2)C(=O)Cn2c(CCc3cccc(F)c3F)nc(=O)c3ccccc32)CC1. The van der Waals surface area contributed by atoms with Crippen molar-refractivity contribution in [2.75, 3.05) is 19.6 Å². The van der Waals surface area contributed by atoms with Crippen LogP contribution in [-0.4, -0.2) is 50.9 Å². The maximum atomic E-state index is 14.5. The molecule has 0 atom stereocenters. The second-order valence-corrected chi connectivity index (χ2v) is 12.7. The summed E-state index contributed by atoms with van der Waals surface area (Å²) in [6.45, 7) is 17.2. The Morgan fingerprint density at radius 3 is 2.24 bits per heavy atom. The van der Waals surface area contributed by atoms with E-state index in [4.69, 9.17) is 11.6 Å². The van der Waals surface area contributed by atoms with Gasteiger partial charge in [0.05, 0.1) is 10.9 Å². The molecule has 0 saturated carbocycles. The summed E-state index contributed by atoms with van der Waals surface area (Å²) in [7, 11) is 0. The van der Waals surface area contributed by atoms with Crippen LogP contribution < -0.4 is 5.56 Å². The monoisotopic (exact) mass is 718 g/mol. The number of hydrogen-bond donors (Lipinski definition) is 0. The Balaban J connectivity index is 0.00000169. The molecule has 6 nitrogen and oxygen atoms in total. The first-order chi connectivity index (χ1) is 24.6. The van der Waals surface area contributed by atoms with Crippen LogP contribution in [0.3, 0.4) is 0 Å². The van der Waals surface area contributed by atoms with Crippen molar-refractivity contribution in [1.29, 1.82) is 0 Å². The first kappa shape index (κ1) is 41.3. The number of rotatable bonds is 11. The highest BCUT2D eigenvalue weighted by molar-refractivity contribution is 6.29. The van der Waals surface area contributed by atoms with Gasteiger partial charge >= 0.3 is 0 Å². The van der Waals surface area contributed by atoms with Crippen LogP contribution in [0.2, 0.25) is 0 Å². The van der Waals surface area contributed by atoms with E-state index in [-0.39, 0.29) is 36.9 Å². The average Bonchev–Trinajstić information content (AvgIpc) is 3.16. The third-order valence-corrected chi connectivity index (χ3v) is 9.13. The molecule has 0 aliphatic carbocycles. The summed E-state index contributed by atoms with van der Waals surface area (Å²) in [6, 6.07) is 19.4. The number of aryl methyl sites for hydroxylation is 2. The van der Waals surface area contributed by atoms with Crippen molar-refractivity contribution >= 4 is 34.0 Å². The van der Waals surface area contributed by atoms with Crippen LogP contribution in [0, 0.1) is 11.6 Å². The lowest BCUT2D eigenvalue weighted by Crippen LogP contribution is -2.48. The van der Waals surface area contributed by atoms with Crippen molar-refractivity contribution in [2.45, 2.75) is 93.3 Å². The zero-order chi connectivity index (χ0) is 37.5. The van der Waals surface area contributed by atoms with Gasteiger partial charge in [0.1, 0.15) is 12.4 Å². The fourth-order valence-corrected chi connectivity index (χ4v) is 6.29. The molecule has 51 heavy (non-hydrogen) atoms. The summed E-state index contributed by atoms with van der Waals surface area (Å²) in [4.78, 5) is 36.1. The Hall–Kier alpha value is -4.14. The van der Waals surface area contributed by atoms with Gasteiger partial charge in [-0.1, -0.05) is 101 Å². The standard InChI is InChI=1S/C38H41ClF2N4O2.2C2H6/c1-4-43-22-20-31(21-23-43)44(24-28-14-16-29(17-15-28)26(2)12-13-27(3)39)36(46)25-45-34-11-6-5-9-32(34)38(47)42-35(45)19-18-30-8-7-10-33(40)37(30)41;2*1-2/h5-17,31H,4,18-25H2,1-3H3;2*1-2H3/b26-12+,27-13+;;. The maximum Gasteiger partial charge on any atom is 0.280 e. The summed E-state index contributed by atoms with van der Waals surface area (Å²) in [5.74, 6) is -1.56. The highest BCUT2D eigenvalue weighted by Crippen LogP contribution is 2.23. The van der Waals surface area contributed by atoms with Crippen molar-refractivity contribution in [3.63, 3.8) is 0 Å². The topological polar surface area (TPSA) is 58.4 Å². The fraction of sp³-hybridized carbons (Fsp3) is 0.405. The lowest BCUT2D eigenvalue weighted by Gasteiger charge is -2.38. The Kier molecular flexibility index (Phi) is 16.7. The zero-order valence-corrected chi connectivity index (χ0v) is 31.9. The number of likely N-dealkylation sites (tertiary alicyclic amines) is 1. The smallest absolute Gasteiger partial charge is 0.280 e. The van der Waals surface area contributed by atoms with Crippen LogP contribution >= 0.6 is 11.6 Å². The summed E-state index contributed by atoms with van der Waals surface area (Å²) in [5, 5.41) is 1.11. The molecule has 0 N–H and O–H groups in total. The van der Waals surface area contributed by atoms with Gasteiger partial charge in [-0.25, -0.2) is 8.78 Å². The number of para-hydroxylation sites is 1. The third kappa shape index (κ3) is 11.2. The van der Waals surface area contributed by atoms with Crippen molar-refractivity contribution < 1.29 is 13.6 Å². The molecule has 1 fully saturated rings. The molecule has 0 spiro atoms. The first-order valence-electron chi connectivity index (χ1n) is 18.2. The second-order valence-electron chi connectivity index (χ2n) is 12.1. The minimum absolute atomic E-state index is 0.0349. The van der Waals surface area contributed by atoms with E-state index in [0.717, 1.165) is 55.2 Å².